The van der Waals surface area contributed by atoms with Gasteiger partial charge in [0.05, 0.1) is 19.3 Å². The maximum Gasteiger partial charge on any atom is 0.119 e. The van der Waals surface area contributed by atoms with E-state index < -0.39 is 0 Å². The first kappa shape index (κ1) is 11.4. The molecule has 0 amide bonds. The third-order valence-electron chi connectivity index (χ3n) is 2.97. The van der Waals surface area contributed by atoms with E-state index in [9.17, 15) is 0 Å². The first-order valence-electron chi connectivity index (χ1n) is 5.79. The molecule has 0 aliphatic carbocycles. The van der Waals surface area contributed by atoms with Crippen molar-refractivity contribution in [3.8, 4) is 5.75 Å². The Morgan fingerprint density at radius 1 is 1.44 bits per heavy atom. The summed E-state index contributed by atoms with van der Waals surface area (Å²) in [6, 6.07) is 8.07. The Hall–Kier alpha value is -1.06. The van der Waals surface area contributed by atoms with Gasteiger partial charge in [0.1, 0.15) is 5.75 Å². The van der Waals surface area contributed by atoms with Gasteiger partial charge in [-0.25, -0.2) is 0 Å². The molecule has 1 saturated heterocycles. The average molecular weight is 221 g/mol. The van der Waals surface area contributed by atoms with Crippen molar-refractivity contribution in [2.24, 2.45) is 0 Å². The molecule has 1 heterocycles. The van der Waals surface area contributed by atoms with Gasteiger partial charge in [-0.1, -0.05) is 12.1 Å². The van der Waals surface area contributed by atoms with Crippen LogP contribution in [0.2, 0.25) is 0 Å². The largest absolute Gasteiger partial charge is 0.497 e. The topological polar surface area (TPSA) is 30.5 Å². The van der Waals surface area contributed by atoms with Gasteiger partial charge in [-0.15, -0.1) is 0 Å². The number of methoxy groups -OCH3 is 1. The Bertz CT molecular complexity index is 334. The van der Waals surface area contributed by atoms with E-state index >= 15 is 0 Å². The second kappa shape index (κ2) is 5.32. The molecule has 3 heteroatoms. The maximum absolute atomic E-state index is 5.98. The summed E-state index contributed by atoms with van der Waals surface area (Å²) in [7, 11) is 1.69. The lowest BCUT2D eigenvalue weighted by atomic mass is 10.1. The number of hydrogen-bond donors (Lipinski definition) is 1. The fraction of sp³-hybridized carbons (Fsp3) is 0.538. The van der Waals surface area contributed by atoms with Crippen LogP contribution in [-0.2, 0) is 4.74 Å². The van der Waals surface area contributed by atoms with Crippen LogP contribution in [0.3, 0.4) is 0 Å². The molecule has 3 nitrogen and oxygen atoms in total. The van der Waals surface area contributed by atoms with Gasteiger partial charge in [0.15, 0.2) is 0 Å². The fourth-order valence-corrected chi connectivity index (χ4v) is 2.01. The minimum Gasteiger partial charge on any atom is -0.497 e. The highest BCUT2D eigenvalue weighted by molar-refractivity contribution is 5.29. The molecule has 0 unspecified atom stereocenters. The van der Waals surface area contributed by atoms with Crippen LogP contribution in [0.1, 0.15) is 25.0 Å². The highest BCUT2D eigenvalue weighted by Crippen LogP contribution is 2.23. The number of benzene rings is 1. The minimum absolute atomic E-state index is 0.125. The van der Waals surface area contributed by atoms with E-state index in [0.29, 0.717) is 6.10 Å². The molecule has 1 fully saturated rings. The first-order chi connectivity index (χ1) is 7.79. The third kappa shape index (κ3) is 2.74. The second-order valence-corrected chi connectivity index (χ2v) is 4.17. The molecule has 2 atom stereocenters. The molecule has 88 valence electrons. The van der Waals surface area contributed by atoms with Crippen LogP contribution in [0.15, 0.2) is 24.3 Å². The van der Waals surface area contributed by atoms with Gasteiger partial charge in [0.25, 0.3) is 0 Å². The molecule has 1 aromatic rings. The Morgan fingerprint density at radius 2 is 2.31 bits per heavy atom. The summed E-state index contributed by atoms with van der Waals surface area (Å²) < 4.78 is 11.2. The molecule has 1 aromatic carbocycles. The second-order valence-electron chi connectivity index (χ2n) is 4.17. The zero-order chi connectivity index (χ0) is 11.4. The predicted octanol–water partition coefficient (Wildman–Crippen LogP) is 2.13. The van der Waals surface area contributed by atoms with Gasteiger partial charge in [-0.2, -0.15) is 0 Å². The molecular formula is C13H19NO2. The minimum atomic E-state index is 0.125. The molecule has 0 spiro atoms. The van der Waals surface area contributed by atoms with Gasteiger partial charge in [-0.05, 0) is 37.6 Å². The van der Waals surface area contributed by atoms with Crippen LogP contribution >= 0.6 is 0 Å². The monoisotopic (exact) mass is 221 g/mol. The highest BCUT2D eigenvalue weighted by atomic mass is 16.5. The smallest absolute Gasteiger partial charge is 0.119 e. The summed E-state index contributed by atoms with van der Waals surface area (Å²) in [4.78, 5) is 0. The van der Waals surface area contributed by atoms with Crippen molar-refractivity contribution in [2.45, 2.75) is 25.6 Å². The maximum atomic E-state index is 5.98. The zero-order valence-electron chi connectivity index (χ0n) is 9.90. The van der Waals surface area contributed by atoms with Gasteiger partial charge in [0, 0.05) is 6.54 Å². The van der Waals surface area contributed by atoms with Gasteiger partial charge in [0.2, 0.25) is 0 Å². The fourth-order valence-electron chi connectivity index (χ4n) is 2.01. The van der Waals surface area contributed by atoms with E-state index in [4.69, 9.17) is 9.47 Å². The van der Waals surface area contributed by atoms with Crippen molar-refractivity contribution in [1.29, 1.82) is 0 Å². The highest BCUT2D eigenvalue weighted by Gasteiger charge is 2.18. The van der Waals surface area contributed by atoms with E-state index in [1.165, 1.54) is 5.56 Å². The summed E-state index contributed by atoms with van der Waals surface area (Å²) in [5, 5.41) is 3.30. The third-order valence-corrected chi connectivity index (χ3v) is 2.97. The molecular weight excluding hydrogens is 202 g/mol. The molecule has 0 saturated carbocycles. The first-order valence-corrected chi connectivity index (χ1v) is 5.79. The van der Waals surface area contributed by atoms with Crippen LogP contribution in [0.5, 0.6) is 5.75 Å². The Morgan fingerprint density at radius 3 is 3.00 bits per heavy atom. The van der Waals surface area contributed by atoms with E-state index in [2.05, 4.69) is 18.3 Å². The van der Waals surface area contributed by atoms with Crippen LogP contribution in [0, 0.1) is 0 Å². The van der Waals surface area contributed by atoms with Crippen LogP contribution < -0.4 is 10.1 Å². The van der Waals surface area contributed by atoms with Gasteiger partial charge in [-0.3, -0.25) is 0 Å². The quantitative estimate of drug-likeness (QED) is 0.845. The van der Waals surface area contributed by atoms with Crippen molar-refractivity contribution in [3.05, 3.63) is 29.8 Å². The summed E-state index contributed by atoms with van der Waals surface area (Å²) in [6.45, 7) is 4.12. The van der Waals surface area contributed by atoms with Crippen molar-refractivity contribution >= 4 is 0 Å². The zero-order valence-corrected chi connectivity index (χ0v) is 9.90. The molecule has 16 heavy (non-hydrogen) atoms. The lowest BCUT2D eigenvalue weighted by molar-refractivity contribution is 0.00819. The molecule has 0 radical (unpaired) electrons. The van der Waals surface area contributed by atoms with E-state index in [-0.39, 0.29) is 6.10 Å². The SMILES string of the molecule is COc1cccc([C@H](C)O[C@@H]2CCNC2)c1. The van der Waals surface area contributed by atoms with Crippen molar-refractivity contribution in [2.75, 3.05) is 20.2 Å². The van der Waals surface area contributed by atoms with Crippen LogP contribution in [0.4, 0.5) is 0 Å². The summed E-state index contributed by atoms with van der Waals surface area (Å²) in [5.74, 6) is 0.887. The summed E-state index contributed by atoms with van der Waals surface area (Å²) in [6.07, 6.45) is 1.58. The summed E-state index contributed by atoms with van der Waals surface area (Å²) in [5.41, 5.74) is 1.17. The van der Waals surface area contributed by atoms with Crippen LogP contribution in [0.25, 0.3) is 0 Å². The van der Waals surface area contributed by atoms with E-state index in [1.807, 2.05) is 18.2 Å². The standard InChI is InChI=1S/C13H19NO2/c1-10(16-13-6-7-14-9-13)11-4-3-5-12(8-11)15-2/h3-5,8,10,13-14H,6-7,9H2,1-2H3/t10-,13+/m0/s1. The molecule has 1 aliphatic heterocycles. The lowest BCUT2D eigenvalue weighted by Crippen LogP contribution is -2.18. The van der Waals surface area contributed by atoms with E-state index in [0.717, 1.165) is 25.3 Å². The lowest BCUT2D eigenvalue weighted by Gasteiger charge is -2.18. The Kier molecular flexibility index (Phi) is 3.80. The molecule has 0 aromatic heterocycles. The van der Waals surface area contributed by atoms with Crippen molar-refractivity contribution < 1.29 is 9.47 Å². The van der Waals surface area contributed by atoms with Crippen LogP contribution in [-0.4, -0.2) is 26.3 Å². The molecule has 1 aliphatic rings. The number of ether oxygens (including phenoxy) is 2. The number of hydrogen-bond acceptors (Lipinski definition) is 3. The molecule has 0 bridgehead atoms. The van der Waals surface area contributed by atoms with Crippen molar-refractivity contribution in [3.63, 3.8) is 0 Å². The predicted molar refractivity (Wildman–Crippen MR) is 63.8 cm³/mol. The van der Waals surface area contributed by atoms with Crippen molar-refractivity contribution in [1.82, 2.24) is 5.32 Å². The number of rotatable bonds is 4. The normalized spacial score (nSPS) is 22.0. The van der Waals surface area contributed by atoms with Gasteiger partial charge >= 0.3 is 0 Å². The Labute approximate surface area is 96.8 Å². The molecule has 1 N–H and O–H groups in total. The molecule has 2 rings (SSSR count). The summed E-state index contributed by atoms with van der Waals surface area (Å²) >= 11 is 0. The number of nitrogens with one attached hydrogen (secondary N) is 1. The Balaban J connectivity index is 1.98. The average Bonchev–Trinajstić information content (AvgIpc) is 2.82. The van der Waals surface area contributed by atoms with E-state index in [1.54, 1.807) is 7.11 Å². The van der Waals surface area contributed by atoms with Gasteiger partial charge < -0.3 is 14.8 Å².